The van der Waals surface area contributed by atoms with Crippen LogP contribution in [-0.4, -0.2) is 26.4 Å². The predicted octanol–water partition coefficient (Wildman–Crippen LogP) is 1.75. The summed E-state index contributed by atoms with van der Waals surface area (Å²) < 4.78 is 16.1. The second kappa shape index (κ2) is 4.55. The van der Waals surface area contributed by atoms with Crippen LogP contribution in [0.25, 0.3) is 0 Å². The summed E-state index contributed by atoms with van der Waals surface area (Å²) >= 11 is 0. The molecular weight excluding hydrogens is 180 g/mol. The van der Waals surface area contributed by atoms with E-state index in [4.69, 9.17) is 14.2 Å². The molecule has 0 N–H and O–H groups in total. The Hall–Kier alpha value is -0.900. The van der Waals surface area contributed by atoms with Crippen molar-refractivity contribution in [3.8, 4) is 0 Å². The molecule has 1 aromatic carbocycles. The molecule has 14 heavy (non-hydrogen) atoms. The minimum Gasteiger partial charge on any atom is -0.382 e. The molecule has 76 valence electrons. The van der Waals surface area contributed by atoms with Gasteiger partial charge in [-0.1, -0.05) is 30.3 Å². The smallest absolute Gasteiger partial charge is 0.184 e. The molecule has 0 radical (unpaired) electrons. The van der Waals surface area contributed by atoms with E-state index in [2.05, 4.69) is 0 Å². The number of rotatable bonds is 3. The molecular formula is C11H14O3. The lowest BCUT2D eigenvalue weighted by Crippen LogP contribution is -2.16. The Morgan fingerprint density at radius 3 is 2.86 bits per heavy atom. The molecule has 1 saturated heterocycles. The van der Waals surface area contributed by atoms with E-state index in [1.807, 2.05) is 30.3 Å². The van der Waals surface area contributed by atoms with Gasteiger partial charge in [-0.15, -0.1) is 0 Å². The average molecular weight is 194 g/mol. The van der Waals surface area contributed by atoms with E-state index < -0.39 is 0 Å². The lowest BCUT2D eigenvalue weighted by Gasteiger charge is -2.10. The van der Waals surface area contributed by atoms with Crippen LogP contribution in [0.1, 0.15) is 11.9 Å². The van der Waals surface area contributed by atoms with Gasteiger partial charge >= 0.3 is 0 Å². The van der Waals surface area contributed by atoms with Gasteiger partial charge in [0.05, 0.1) is 13.2 Å². The fraction of sp³-hybridized carbons (Fsp3) is 0.455. The van der Waals surface area contributed by atoms with E-state index in [1.165, 1.54) is 0 Å². The number of hydrogen-bond acceptors (Lipinski definition) is 3. The van der Waals surface area contributed by atoms with Gasteiger partial charge in [-0.05, 0) is 0 Å². The molecule has 1 aliphatic heterocycles. The largest absolute Gasteiger partial charge is 0.382 e. The Morgan fingerprint density at radius 2 is 2.14 bits per heavy atom. The summed E-state index contributed by atoms with van der Waals surface area (Å²) in [5.74, 6) is 0. The van der Waals surface area contributed by atoms with Crippen LogP contribution in [0.15, 0.2) is 30.3 Å². The molecule has 0 aliphatic carbocycles. The van der Waals surface area contributed by atoms with Crippen molar-refractivity contribution in [2.24, 2.45) is 0 Å². The van der Waals surface area contributed by atoms with Gasteiger partial charge in [-0.3, -0.25) is 0 Å². The van der Waals surface area contributed by atoms with Crippen LogP contribution in [0, 0.1) is 0 Å². The first-order valence-electron chi connectivity index (χ1n) is 4.71. The zero-order valence-corrected chi connectivity index (χ0v) is 8.18. The van der Waals surface area contributed by atoms with Crippen LogP contribution >= 0.6 is 0 Å². The summed E-state index contributed by atoms with van der Waals surface area (Å²) in [4.78, 5) is 0. The minimum absolute atomic E-state index is 0.0604. The molecule has 0 bridgehead atoms. The number of methoxy groups -OCH3 is 1. The van der Waals surface area contributed by atoms with Crippen molar-refractivity contribution in [3.63, 3.8) is 0 Å². The summed E-state index contributed by atoms with van der Waals surface area (Å²) in [7, 11) is 1.67. The SMILES string of the molecule is COC[C@@H]1CO[C@@H](c2ccccc2)O1. The quantitative estimate of drug-likeness (QED) is 0.733. The molecule has 1 heterocycles. The monoisotopic (exact) mass is 194 g/mol. The lowest BCUT2D eigenvalue weighted by atomic mass is 10.2. The van der Waals surface area contributed by atoms with E-state index in [9.17, 15) is 0 Å². The number of hydrogen-bond donors (Lipinski definition) is 0. The molecule has 3 nitrogen and oxygen atoms in total. The van der Waals surface area contributed by atoms with Crippen molar-refractivity contribution >= 4 is 0 Å². The highest BCUT2D eigenvalue weighted by Crippen LogP contribution is 2.26. The zero-order chi connectivity index (χ0) is 9.80. The second-order valence-electron chi connectivity index (χ2n) is 3.29. The third kappa shape index (κ3) is 2.12. The first-order valence-corrected chi connectivity index (χ1v) is 4.71. The van der Waals surface area contributed by atoms with Crippen molar-refractivity contribution < 1.29 is 14.2 Å². The minimum atomic E-state index is -0.226. The standard InChI is InChI=1S/C11H14O3/c1-12-7-10-8-13-11(14-10)9-5-3-2-4-6-9/h2-6,10-11H,7-8H2,1H3/t10-,11-/m1/s1. The summed E-state index contributed by atoms with van der Waals surface area (Å²) in [5.41, 5.74) is 1.06. The highest BCUT2D eigenvalue weighted by molar-refractivity contribution is 5.16. The van der Waals surface area contributed by atoms with E-state index in [1.54, 1.807) is 7.11 Å². The van der Waals surface area contributed by atoms with E-state index in [-0.39, 0.29) is 12.4 Å². The summed E-state index contributed by atoms with van der Waals surface area (Å²) in [6.07, 6.45) is -0.165. The van der Waals surface area contributed by atoms with Crippen molar-refractivity contribution in [2.45, 2.75) is 12.4 Å². The number of ether oxygens (including phenoxy) is 3. The predicted molar refractivity (Wildman–Crippen MR) is 51.9 cm³/mol. The number of benzene rings is 1. The first kappa shape index (κ1) is 9.65. The van der Waals surface area contributed by atoms with E-state index in [0.717, 1.165) is 5.56 Å². The van der Waals surface area contributed by atoms with Gasteiger partial charge in [-0.25, -0.2) is 0 Å². The Labute approximate surface area is 83.6 Å². The molecule has 0 saturated carbocycles. The second-order valence-corrected chi connectivity index (χ2v) is 3.29. The third-order valence-electron chi connectivity index (χ3n) is 2.17. The maximum atomic E-state index is 5.64. The van der Waals surface area contributed by atoms with Crippen LogP contribution in [0.4, 0.5) is 0 Å². The van der Waals surface area contributed by atoms with E-state index >= 15 is 0 Å². The molecule has 0 unspecified atom stereocenters. The van der Waals surface area contributed by atoms with Crippen molar-refractivity contribution in [1.29, 1.82) is 0 Å². The Bertz CT molecular complexity index is 273. The van der Waals surface area contributed by atoms with Gasteiger partial charge < -0.3 is 14.2 Å². The van der Waals surface area contributed by atoms with Gasteiger partial charge in [0.2, 0.25) is 0 Å². The fourth-order valence-electron chi connectivity index (χ4n) is 1.51. The van der Waals surface area contributed by atoms with Crippen molar-refractivity contribution in [3.05, 3.63) is 35.9 Å². The maximum Gasteiger partial charge on any atom is 0.184 e. The highest BCUT2D eigenvalue weighted by atomic mass is 16.7. The topological polar surface area (TPSA) is 27.7 Å². The van der Waals surface area contributed by atoms with Gasteiger partial charge in [0.15, 0.2) is 6.29 Å². The molecule has 2 rings (SSSR count). The van der Waals surface area contributed by atoms with Crippen LogP contribution in [0.3, 0.4) is 0 Å². The molecule has 1 aliphatic rings. The molecule has 0 spiro atoms. The van der Waals surface area contributed by atoms with Crippen molar-refractivity contribution in [2.75, 3.05) is 20.3 Å². The molecule has 1 fully saturated rings. The molecule has 0 amide bonds. The van der Waals surface area contributed by atoms with E-state index in [0.29, 0.717) is 13.2 Å². The highest BCUT2D eigenvalue weighted by Gasteiger charge is 2.26. The van der Waals surface area contributed by atoms with Gasteiger partial charge in [0.25, 0.3) is 0 Å². The molecule has 3 heteroatoms. The van der Waals surface area contributed by atoms with Crippen LogP contribution in [0.2, 0.25) is 0 Å². The van der Waals surface area contributed by atoms with Gasteiger partial charge in [0.1, 0.15) is 6.10 Å². The summed E-state index contributed by atoms with van der Waals surface area (Å²) in [5, 5.41) is 0. The molecule has 0 aromatic heterocycles. The zero-order valence-electron chi connectivity index (χ0n) is 8.18. The van der Waals surface area contributed by atoms with Crippen LogP contribution in [-0.2, 0) is 14.2 Å². The van der Waals surface area contributed by atoms with Gasteiger partial charge in [-0.2, -0.15) is 0 Å². The van der Waals surface area contributed by atoms with Gasteiger partial charge in [0, 0.05) is 12.7 Å². The fourth-order valence-corrected chi connectivity index (χ4v) is 1.51. The Morgan fingerprint density at radius 1 is 1.36 bits per heavy atom. The first-order chi connectivity index (χ1) is 6.90. The lowest BCUT2D eigenvalue weighted by molar-refractivity contribution is -0.0704. The third-order valence-corrected chi connectivity index (χ3v) is 2.17. The average Bonchev–Trinajstić information content (AvgIpc) is 2.68. The Kier molecular flexibility index (Phi) is 3.14. The molecule has 2 atom stereocenters. The van der Waals surface area contributed by atoms with Crippen LogP contribution in [0.5, 0.6) is 0 Å². The van der Waals surface area contributed by atoms with Crippen molar-refractivity contribution in [1.82, 2.24) is 0 Å². The summed E-state index contributed by atoms with van der Waals surface area (Å²) in [6, 6.07) is 9.93. The Balaban J connectivity index is 1.96. The maximum absolute atomic E-state index is 5.64. The summed E-state index contributed by atoms with van der Waals surface area (Å²) in [6.45, 7) is 1.19. The molecule has 1 aromatic rings. The van der Waals surface area contributed by atoms with Crippen LogP contribution < -0.4 is 0 Å². The normalized spacial score (nSPS) is 26.6.